The molecule has 1 atom stereocenters. The fourth-order valence-corrected chi connectivity index (χ4v) is 4.09. The van der Waals surface area contributed by atoms with Gasteiger partial charge in [-0.1, -0.05) is 90.7 Å². The van der Waals surface area contributed by atoms with Crippen molar-refractivity contribution in [3.05, 3.63) is 47.0 Å². The van der Waals surface area contributed by atoms with Crippen molar-refractivity contribution in [2.24, 2.45) is 0 Å². The highest BCUT2D eigenvalue weighted by atomic mass is 35.5. The average molecular weight is 475 g/mol. The van der Waals surface area contributed by atoms with Crippen molar-refractivity contribution in [1.29, 1.82) is 0 Å². The Labute approximate surface area is 205 Å². The number of nitrogens with two attached hydrogens (primary N) is 1. The van der Waals surface area contributed by atoms with Crippen molar-refractivity contribution in [2.45, 2.75) is 104 Å². The lowest BCUT2D eigenvalue weighted by Gasteiger charge is -2.25. The van der Waals surface area contributed by atoms with E-state index in [2.05, 4.69) is 33.0 Å². The maximum Gasteiger partial charge on any atom is 0.169 e. The van der Waals surface area contributed by atoms with Gasteiger partial charge in [0.2, 0.25) is 0 Å². The van der Waals surface area contributed by atoms with Gasteiger partial charge in [0.1, 0.15) is 11.5 Å². The molecule has 0 saturated carbocycles. The van der Waals surface area contributed by atoms with Crippen LogP contribution in [0, 0.1) is 0 Å². The van der Waals surface area contributed by atoms with Gasteiger partial charge in [0.05, 0.1) is 10.7 Å². The minimum absolute atomic E-state index is 0.172. The van der Waals surface area contributed by atoms with E-state index in [9.17, 15) is 5.11 Å². The summed E-state index contributed by atoms with van der Waals surface area (Å²) in [4.78, 5) is 0. The number of anilines is 2. The first-order valence-electron chi connectivity index (χ1n) is 12.5. The standard InChI is InChI=1S/C28H43ClN2O2/c1-5-6-7-8-9-10-11-12-13-14-27(31-21-15-17-24(29)25(30)19-21)33-22-16-18-26(32)23(20-22)28(2,3)4/h15-20,27,31-32H,5-14,30H2,1-4H3. The molecule has 0 aliphatic heterocycles. The van der Waals surface area contributed by atoms with E-state index in [4.69, 9.17) is 22.1 Å². The summed E-state index contributed by atoms with van der Waals surface area (Å²) in [5, 5.41) is 14.3. The largest absolute Gasteiger partial charge is 0.508 e. The summed E-state index contributed by atoms with van der Waals surface area (Å²) in [7, 11) is 0. The summed E-state index contributed by atoms with van der Waals surface area (Å²) in [6.07, 6.45) is 12.2. The molecule has 0 radical (unpaired) electrons. The Morgan fingerprint density at radius 3 is 2.18 bits per heavy atom. The molecule has 0 aliphatic rings. The second-order valence-electron chi connectivity index (χ2n) is 10.0. The van der Waals surface area contributed by atoms with Crippen molar-refractivity contribution in [1.82, 2.24) is 0 Å². The maximum atomic E-state index is 10.3. The number of rotatable bonds is 14. The van der Waals surface area contributed by atoms with E-state index in [-0.39, 0.29) is 11.6 Å². The van der Waals surface area contributed by atoms with Gasteiger partial charge in [0.25, 0.3) is 0 Å². The maximum absolute atomic E-state index is 10.3. The van der Waals surface area contributed by atoms with Crippen LogP contribution in [0.4, 0.5) is 11.4 Å². The average Bonchev–Trinajstić information content (AvgIpc) is 2.75. The molecule has 5 heteroatoms. The summed E-state index contributed by atoms with van der Waals surface area (Å²) >= 11 is 6.09. The fourth-order valence-electron chi connectivity index (χ4n) is 3.97. The quantitative estimate of drug-likeness (QED) is 0.145. The van der Waals surface area contributed by atoms with Crippen molar-refractivity contribution < 1.29 is 9.84 Å². The number of phenolic OH excluding ortho intramolecular Hbond substituents is 1. The lowest BCUT2D eigenvalue weighted by Crippen LogP contribution is -2.26. The van der Waals surface area contributed by atoms with Crippen molar-refractivity contribution in [3.63, 3.8) is 0 Å². The molecule has 0 aliphatic carbocycles. The van der Waals surface area contributed by atoms with Crippen molar-refractivity contribution >= 4 is 23.0 Å². The van der Waals surface area contributed by atoms with Gasteiger partial charge in [-0.05, 0) is 48.2 Å². The summed E-state index contributed by atoms with van der Waals surface area (Å²) < 4.78 is 6.36. The third kappa shape index (κ3) is 9.75. The SMILES string of the molecule is CCCCCCCCCCCC(Nc1ccc(Cl)c(N)c1)Oc1ccc(O)c(C(C)(C)C)c1. The lowest BCUT2D eigenvalue weighted by molar-refractivity contribution is 0.213. The van der Waals surface area contributed by atoms with Crippen LogP contribution >= 0.6 is 11.6 Å². The molecular formula is C28H43ClN2O2. The van der Waals surface area contributed by atoms with Gasteiger partial charge < -0.3 is 20.9 Å². The van der Waals surface area contributed by atoms with Crippen molar-refractivity contribution in [3.8, 4) is 11.5 Å². The zero-order valence-electron chi connectivity index (χ0n) is 20.9. The summed E-state index contributed by atoms with van der Waals surface area (Å²) in [5.74, 6) is 1.04. The first-order chi connectivity index (χ1) is 15.7. The van der Waals surface area contributed by atoms with Crippen LogP contribution in [0.2, 0.25) is 5.02 Å². The Morgan fingerprint density at radius 2 is 1.58 bits per heavy atom. The monoisotopic (exact) mass is 474 g/mol. The number of unbranched alkanes of at least 4 members (excludes halogenated alkanes) is 8. The molecule has 0 bridgehead atoms. The number of hydrogen-bond donors (Lipinski definition) is 3. The molecule has 2 aromatic carbocycles. The van der Waals surface area contributed by atoms with Crippen LogP contribution in [0.15, 0.2) is 36.4 Å². The lowest BCUT2D eigenvalue weighted by atomic mass is 9.86. The number of aromatic hydroxyl groups is 1. The number of ether oxygens (including phenoxy) is 1. The van der Waals surface area contributed by atoms with E-state index in [1.807, 2.05) is 24.3 Å². The van der Waals surface area contributed by atoms with Gasteiger partial charge in [0.15, 0.2) is 6.23 Å². The Hall–Kier alpha value is -2.07. The number of nitrogen functional groups attached to an aromatic ring is 1. The Kier molecular flexibility index (Phi) is 11.2. The molecule has 2 rings (SSSR count). The van der Waals surface area contributed by atoms with E-state index in [0.717, 1.165) is 29.8 Å². The van der Waals surface area contributed by atoms with Gasteiger partial charge in [-0.15, -0.1) is 0 Å². The zero-order valence-corrected chi connectivity index (χ0v) is 21.7. The fraction of sp³-hybridized carbons (Fsp3) is 0.571. The number of phenols is 1. The van der Waals surface area contributed by atoms with E-state index in [0.29, 0.717) is 16.5 Å². The number of nitrogens with one attached hydrogen (secondary N) is 1. The van der Waals surface area contributed by atoms with E-state index in [1.165, 1.54) is 51.4 Å². The van der Waals surface area contributed by atoms with Crippen LogP contribution in [-0.4, -0.2) is 11.3 Å². The Bertz CT molecular complexity index is 848. The highest BCUT2D eigenvalue weighted by Crippen LogP contribution is 2.34. The first-order valence-corrected chi connectivity index (χ1v) is 12.9. The van der Waals surface area contributed by atoms with E-state index in [1.54, 1.807) is 12.1 Å². The second-order valence-corrected chi connectivity index (χ2v) is 10.4. The predicted molar refractivity (Wildman–Crippen MR) is 143 cm³/mol. The van der Waals surface area contributed by atoms with Crippen LogP contribution in [0.25, 0.3) is 0 Å². The predicted octanol–water partition coefficient (Wildman–Crippen LogP) is 8.66. The van der Waals surface area contributed by atoms with Crippen LogP contribution in [0.3, 0.4) is 0 Å². The molecule has 33 heavy (non-hydrogen) atoms. The molecule has 0 aromatic heterocycles. The molecule has 4 N–H and O–H groups in total. The van der Waals surface area contributed by atoms with E-state index < -0.39 is 0 Å². The Balaban J connectivity index is 1.98. The van der Waals surface area contributed by atoms with Gasteiger partial charge >= 0.3 is 0 Å². The third-order valence-electron chi connectivity index (χ3n) is 5.95. The summed E-state index contributed by atoms with van der Waals surface area (Å²) in [5.41, 5.74) is 8.12. The first kappa shape index (κ1) is 27.2. The van der Waals surface area contributed by atoms with Gasteiger partial charge in [-0.25, -0.2) is 0 Å². The highest BCUT2D eigenvalue weighted by Gasteiger charge is 2.20. The molecule has 0 amide bonds. The van der Waals surface area contributed by atoms with Gasteiger partial charge in [-0.3, -0.25) is 0 Å². The Morgan fingerprint density at radius 1 is 0.939 bits per heavy atom. The van der Waals surface area contributed by atoms with E-state index >= 15 is 0 Å². The molecule has 0 spiro atoms. The molecule has 2 aromatic rings. The van der Waals surface area contributed by atoms with Gasteiger partial charge in [0, 0.05) is 17.7 Å². The van der Waals surface area contributed by atoms with Crippen LogP contribution in [0.5, 0.6) is 11.5 Å². The topological polar surface area (TPSA) is 67.5 Å². The summed E-state index contributed by atoms with van der Waals surface area (Å²) in [6, 6.07) is 11.0. The normalized spacial score (nSPS) is 12.5. The highest BCUT2D eigenvalue weighted by molar-refractivity contribution is 6.33. The van der Waals surface area contributed by atoms with Crippen LogP contribution < -0.4 is 15.8 Å². The minimum Gasteiger partial charge on any atom is -0.508 e. The van der Waals surface area contributed by atoms with Crippen LogP contribution in [0.1, 0.15) is 97.5 Å². The van der Waals surface area contributed by atoms with Gasteiger partial charge in [-0.2, -0.15) is 0 Å². The number of hydrogen-bond acceptors (Lipinski definition) is 4. The molecule has 1 unspecified atom stereocenters. The smallest absolute Gasteiger partial charge is 0.169 e. The third-order valence-corrected chi connectivity index (χ3v) is 6.29. The molecule has 0 heterocycles. The molecular weight excluding hydrogens is 432 g/mol. The minimum atomic E-state index is -0.201. The second kappa shape index (κ2) is 13.6. The zero-order chi connectivity index (χ0) is 24.3. The van der Waals surface area contributed by atoms with Crippen molar-refractivity contribution in [2.75, 3.05) is 11.1 Å². The molecule has 184 valence electrons. The molecule has 0 saturated heterocycles. The number of benzene rings is 2. The summed E-state index contributed by atoms with van der Waals surface area (Å²) in [6.45, 7) is 8.51. The molecule has 0 fully saturated rings. The number of halogens is 1. The molecule has 4 nitrogen and oxygen atoms in total. The van der Waals surface area contributed by atoms with Crippen LogP contribution in [-0.2, 0) is 5.41 Å².